The van der Waals surface area contributed by atoms with Crippen molar-refractivity contribution in [3.63, 3.8) is 0 Å². The average Bonchev–Trinajstić information content (AvgIpc) is 3.34. The lowest BCUT2D eigenvalue weighted by Gasteiger charge is -2.23. The van der Waals surface area contributed by atoms with Gasteiger partial charge in [0.2, 0.25) is 10.0 Å². The van der Waals surface area contributed by atoms with E-state index in [1.54, 1.807) is 6.07 Å². The molecule has 35 heavy (non-hydrogen) atoms. The van der Waals surface area contributed by atoms with Gasteiger partial charge in [0.25, 0.3) is 0 Å². The Morgan fingerprint density at radius 1 is 1.06 bits per heavy atom. The number of carbonyl (C=O) groups excluding carboxylic acids is 1. The van der Waals surface area contributed by atoms with Crippen molar-refractivity contribution >= 4 is 15.8 Å². The quantitative estimate of drug-likeness (QED) is 0.447. The summed E-state index contributed by atoms with van der Waals surface area (Å²) in [5.41, 5.74) is 0.178. The van der Waals surface area contributed by atoms with Gasteiger partial charge in [0.15, 0.2) is 5.78 Å². The fourth-order valence-corrected chi connectivity index (χ4v) is 5.59. The molecule has 1 aliphatic rings. The van der Waals surface area contributed by atoms with Crippen LogP contribution in [0.15, 0.2) is 59.9 Å². The second kappa shape index (κ2) is 9.78. The summed E-state index contributed by atoms with van der Waals surface area (Å²) in [6, 6.07) is 7.29. The minimum atomic E-state index is -4.55. The van der Waals surface area contributed by atoms with Crippen molar-refractivity contribution in [2.24, 2.45) is 0 Å². The van der Waals surface area contributed by atoms with Crippen LogP contribution in [-0.2, 0) is 27.4 Å². The van der Waals surface area contributed by atoms with Gasteiger partial charge < -0.3 is 0 Å². The van der Waals surface area contributed by atoms with Gasteiger partial charge in [0, 0.05) is 30.4 Å². The Morgan fingerprint density at radius 3 is 2.46 bits per heavy atom. The molecule has 0 bridgehead atoms. The van der Waals surface area contributed by atoms with Crippen LogP contribution in [0.5, 0.6) is 0 Å². The number of ketones is 1. The number of hydrogen-bond acceptors (Lipinski definition) is 6. The first-order valence-electron chi connectivity index (χ1n) is 10.7. The molecule has 1 saturated heterocycles. The second-order valence-corrected chi connectivity index (χ2v) is 9.91. The molecule has 3 aromatic rings. The highest BCUT2D eigenvalue weighted by Crippen LogP contribution is 2.29. The van der Waals surface area contributed by atoms with E-state index in [0.717, 1.165) is 28.7 Å². The molecular formula is C23H20F4N4O3S. The maximum Gasteiger partial charge on any atom is 0.433 e. The minimum Gasteiger partial charge on any atom is -0.298 e. The van der Waals surface area contributed by atoms with Crippen LogP contribution >= 0.6 is 0 Å². The first kappa shape index (κ1) is 24.9. The smallest absolute Gasteiger partial charge is 0.298 e. The van der Waals surface area contributed by atoms with E-state index in [-0.39, 0.29) is 30.1 Å². The molecule has 0 radical (unpaired) electrons. The topological polar surface area (TPSA) is 93.1 Å². The molecule has 1 atom stereocenters. The lowest BCUT2D eigenvalue weighted by Crippen LogP contribution is -2.40. The molecule has 7 nitrogen and oxygen atoms in total. The summed E-state index contributed by atoms with van der Waals surface area (Å²) >= 11 is 0. The van der Waals surface area contributed by atoms with Crippen LogP contribution in [0.1, 0.15) is 30.7 Å². The van der Waals surface area contributed by atoms with Crippen LogP contribution in [0.25, 0.3) is 11.3 Å². The lowest BCUT2D eigenvalue weighted by atomic mass is 10.0. The predicted molar refractivity (Wildman–Crippen MR) is 117 cm³/mol. The second-order valence-electron chi connectivity index (χ2n) is 8.02. The third-order valence-corrected chi connectivity index (χ3v) is 7.62. The van der Waals surface area contributed by atoms with Gasteiger partial charge in [-0.15, -0.1) is 0 Å². The maximum absolute atomic E-state index is 13.2. The molecule has 1 fully saturated rings. The van der Waals surface area contributed by atoms with Crippen molar-refractivity contribution in [3.8, 4) is 11.3 Å². The minimum absolute atomic E-state index is 0.0157. The highest BCUT2D eigenvalue weighted by Gasteiger charge is 2.39. The van der Waals surface area contributed by atoms with Crippen molar-refractivity contribution in [2.45, 2.75) is 42.8 Å². The standard InChI is InChI=1S/C23H20F4N4O3S/c24-16-4-7-18(8-5-16)35(33,34)31-11-1-2-20(31)21(32)9-6-17-12-19(30-14-29-17)15-3-10-22(28-13-15)23(25,26)27/h3-5,7-8,10,12-14,20H,1-2,6,9,11H2/t20-/m0/s1. The Labute approximate surface area is 198 Å². The molecule has 12 heteroatoms. The van der Waals surface area contributed by atoms with E-state index in [9.17, 15) is 30.8 Å². The molecule has 4 rings (SSSR count). The molecule has 0 unspecified atom stereocenters. The van der Waals surface area contributed by atoms with Crippen LogP contribution in [0.4, 0.5) is 17.6 Å². The summed E-state index contributed by atoms with van der Waals surface area (Å²) in [6.45, 7) is 0.189. The third-order valence-electron chi connectivity index (χ3n) is 5.70. The highest BCUT2D eigenvalue weighted by atomic mass is 32.2. The molecule has 3 heterocycles. The van der Waals surface area contributed by atoms with E-state index in [2.05, 4.69) is 15.0 Å². The van der Waals surface area contributed by atoms with Crippen LogP contribution in [-0.4, -0.2) is 46.0 Å². The average molecular weight is 508 g/mol. The molecular weight excluding hydrogens is 488 g/mol. The lowest BCUT2D eigenvalue weighted by molar-refractivity contribution is -0.141. The van der Waals surface area contributed by atoms with Gasteiger partial charge in [-0.2, -0.15) is 17.5 Å². The van der Waals surface area contributed by atoms with E-state index >= 15 is 0 Å². The third kappa shape index (κ3) is 5.54. The van der Waals surface area contributed by atoms with Gasteiger partial charge in [-0.1, -0.05) is 0 Å². The summed E-state index contributed by atoms with van der Waals surface area (Å²) < 4.78 is 78.5. The van der Waals surface area contributed by atoms with E-state index in [0.29, 0.717) is 29.8 Å². The Kier molecular flexibility index (Phi) is 6.95. The van der Waals surface area contributed by atoms with Crippen LogP contribution < -0.4 is 0 Å². The monoisotopic (exact) mass is 508 g/mol. The number of sulfonamides is 1. The summed E-state index contributed by atoms with van der Waals surface area (Å²) in [7, 11) is -3.96. The number of carbonyl (C=O) groups is 1. The number of aromatic nitrogens is 3. The number of alkyl halides is 3. The van der Waals surface area contributed by atoms with Gasteiger partial charge in [0.1, 0.15) is 17.8 Å². The Balaban J connectivity index is 1.44. The van der Waals surface area contributed by atoms with E-state index in [4.69, 9.17) is 0 Å². The van der Waals surface area contributed by atoms with Gasteiger partial charge in [-0.05, 0) is 61.7 Å². The number of halogens is 4. The van der Waals surface area contributed by atoms with E-state index in [1.807, 2.05) is 0 Å². The molecule has 0 spiro atoms. The van der Waals surface area contributed by atoms with Crippen molar-refractivity contribution in [2.75, 3.05) is 6.54 Å². The molecule has 0 N–H and O–H groups in total. The van der Waals surface area contributed by atoms with Crippen LogP contribution in [0.3, 0.4) is 0 Å². The first-order chi connectivity index (χ1) is 16.6. The molecule has 0 saturated carbocycles. The van der Waals surface area contributed by atoms with Gasteiger partial charge in [-0.25, -0.2) is 22.8 Å². The number of aryl methyl sites for hydroxylation is 1. The fourth-order valence-electron chi connectivity index (χ4n) is 3.91. The molecule has 1 aromatic carbocycles. The van der Waals surface area contributed by atoms with Crippen molar-refractivity contribution in [3.05, 3.63) is 72.2 Å². The number of Topliss-reactive ketones (excluding diaryl/α,β-unsaturated/α-hetero) is 1. The highest BCUT2D eigenvalue weighted by molar-refractivity contribution is 7.89. The maximum atomic E-state index is 13.2. The van der Waals surface area contributed by atoms with E-state index < -0.39 is 33.8 Å². The number of benzene rings is 1. The largest absolute Gasteiger partial charge is 0.433 e. The zero-order chi connectivity index (χ0) is 25.2. The number of nitrogens with zero attached hydrogens (tertiary/aromatic N) is 4. The zero-order valence-corrected chi connectivity index (χ0v) is 19.1. The molecule has 184 valence electrons. The molecule has 0 amide bonds. The number of pyridine rings is 1. The van der Waals surface area contributed by atoms with Crippen LogP contribution in [0, 0.1) is 5.82 Å². The van der Waals surface area contributed by atoms with Crippen molar-refractivity contribution in [1.29, 1.82) is 0 Å². The zero-order valence-electron chi connectivity index (χ0n) is 18.2. The Bertz CT molecular complexity index is 1310. The summed E-state index contributed by atoms with van der Waals surface area (Å²) in [5, 5.41) is 0. The van der Waals surface area contributed by atoms with Crippen molar-refractivity contribution < 1.29 is 30.8 Å². The van der Waals surface area contributed by atoms with Crippen molar-refractivity contribution in [1.82, 2.24) is 19.3 Å². The van der Waals surface area contributed by atoms with Gasteiger partial charge in [0.05, 0.1) is 16.6 Å². The van der Waals surface area contributed by atoms with Gasteiger partial charge >= 0.3 is 6.18 Å². The normalized spacial score (nSPS) is 17.0. The summed E-state index contributed by atoms with van der Waals surface area (Å²) in [6.07, 6.45) is -1.12. The fraction of sp³-hybridized carbons (Fsp3) is 0.304. The van der Waals surface area contributed by atoms with Crippen LogP contribution in [0.2, 0.25) is 0 Å². The first-order valence-corrected chi connectivity index (χ1v) is 12.1. The number of hydrogen-bond donors (Lipinski definition) is 0. The Hall–Kier alpha value is -3.25. The predicted octanol–water partition coefficient (Wildman–Crippen LogP) is 4.05. The Morgan fingerprint density at radius 2 is 1.80 bits per heavy atom. The molecule has 1 aliphatic heterocycles. The number of rotatable bonds is 7. The van der Waals surface area contributed by atoms with E-state index in [1.165, 1.54) is 24.5 Å². The van der Waals surface area contributed by atoms with Gasteiger partial charge in [-0.3, -0.25) is 9.78 Å². The SMILES string of the molecule is O=C(CCc1cc(-c2ccc(C(F)(F)F)nc2)ncn1)[C@@H]1CCCN1S(=O)(=O)c1ccc(F)cc1. The summed E-state index contributed by atoms with van der Waals surface area (Å²) in [4.78, 5) is 24.4. The molecule has 0 aliphatic carbocycles. The summed E-state index contributed by atoms with van der Waals surface area (Å²) in [5.74, 6) is -0.834. The molecule has 2 aromatic heterocycles.